The van der Waals surface area contributed by atoms with Crippen molar-refractivity contribution in [3.05, 3.63) is 72.3 Å². The number of rotatable bonds is 3. The molecule has 2 aromatic heterocycles. The summed E-state index contributed by atoms with van der Waals surface area (Å²) in [5, 5.41) is 2.90. The molecule has 19 heavy (non-hydrogen) atoms. The molecule has 0 aliphatic heterocycles. The molecular formula is C15H13N3O. The van der Waals surface area contributed by atoms with E-state index in [2.05, 4.69) is 10.3 Å². The lowest BCUT2D eigenvalue weighted by atomic mass is 10.2. The first kappa shape index (κ1) is 11.5. The molecule has 0 saturated carbocycles. The fourth-order valence-electron chi connectivity index (χ4n) is 1.94. The number of hydrogen-bond acceptors (Lipinski definition) is 2. The summed E-state index contributed by atoms with van der Waals surface area (Å²) < 4.78 is 1.87. The van der Waals surface area contributed by atoms with Gasteiger partial charge in [0.05, 0.1) is 18.0 Å². The van der Waals surface area contributed by atoms with E-state index in [-0.39, 0.29) is 5.91 Å². The van der Waals surface area contributed by atoms with Crippen LogP contribution in [0.4, 0.5) is 0 Å². The van der Waals surface area contributed by atoms with Gasteiger partial charge in [-0.25, -0.2) is 4.98 Å². The van der Waals surface area contributed by atoms with E-state index in [4.69, 9.17) is 0 Å². The first-order valence-electron chi connectivity index (χ1n) is 6.07. The van der Waals surface area contributed by atoms with Crippen LogP contribution in [-0.4, -0.2) is 15.3 Å². The summed E-state index contributed by atoms with van der Waals surface area (Å²) in [5.41, 5.74) is 2.64. The van der Waals surface area contributed by atoms with Crippen molar-refractivity contribution in [1.29, 1.82) is 0 Å². The topological polar surface area (TPSA) is 46.4 Å². The van der Waals surface area contributed by atoms with Crippen LogP contribution >= 0.6 is 0 Å². The Labute approximate surface area is 110 Å². The lowest BCUT2D eigenvalue weighted by Gasteiger charge is -2.05. The minimum absolute atomic E-state index is 0.0763. The van der Waals surface area contributed by atoms with Gasteiger partial charge in [-0.15, -0.1) is 0 Å². The first-order chi connectivity index (χ1) is 9.33. The molecule has 0 aliphatic carbocycles. The smallest absolute Gasteiger partial charge is 0.251 e. The quantitative estimate of drug-likeness (QED) is 0.776. The van der Waals surface area contributed by atoms with Gasteiger partial charge in [0.15, 0.2) is 0 Å². The Bertz CT molecular complexity index is 703. The summed E-state index contributed by atoms with van der Waals surface area (Å²) in [7, 11) is 0. The van der Waals surface area contributed by atoms with Crippen LogP contribution in [0.1, 0.15) is 15.9 Å². The van der Waals surface area contributed by atoms with E-state index in [9.17, 15) is 4.79 Å². The fraction of sp³-hybridized carbons (Fsp3) is 0.0667. The van der Waals surface area contributed by atoms with E-state index in [0.29, 0.717) is 12.1 Å². The van der Waals surface area contributed by atoms with Crippen molar-refractivity contribution in [3.63, 3.8) is 0 Å². The second-order valence-electron chi connectivity index (χ2n) is 4.31. The molecular weight excluding hydrogens is 238 g/mol. The highest BCUT2D eigenvalue weighted by Crippen LogP contribution is 2.07. The van der Waals surface area contributed by atoms with Crippen molar-refractivity contribution >= 4 is 11.4 Å². The Morgan fingerprint density at radius 3 is 2.89 bits per heavy atom. The maximum atomic E-state index is 12.0. The lowest BCUT2D eigenvalue weighted by molar-refractivity contribution is 0.0951. The molecule has 94 valence electrons. The van der Waals surface area contributed by atoms with Gasteiger partial charge in [-0.2, -0.15) is 0 Å². The van der Waals surface area contributed by atoms with Crippen LogP contribution in [0.2, 0.25) is 0 Å². The highest BCUT2D eigenvalue weighted by Gasteiger charge is 2.06. The first-order valence-corrected chi connectivity index (χ1v) is 6.07. The number of nitrogens with one attached hydrogen (secondary N) is 1. The minimum Gasteiger partial charge on any atom is -0.348 e. The van der Waals surface area contributed by atoms with Crippen LogP contribution in [0.25, 0.3) is 5.52 Å². The average molecular weight is 251 g/mol. The summed E-state index contributed by atoms with van der Waals surface area (Å²) >= 11 is 0. The molecule has 0 fully saturated rings. The second-order valence-corrected chi connectivity index (χ2v) is 4.31. The molecule has 0 unspecified atom stereocenters. The molecule has 3 aromatic rings. The third kappa shape index (κ3) is 2.47. The minimum atomic E-state index is -0.0763. The number of pyridine rings is 1. The number of imidazole rings is 1. The predicted molar refractivity (Wildman–Crippen MR) is 72.8 cm³/mol. The SMILES string of the molecule is O=C(NCc1ccccc1)c1ccn2cncc2c1. The number of carbonyl (C=O) groups excluding carboxylic acids is 1. The van der Waals surface area contributed by atoms with Crippen LogP contribution in [0.15, 0.2) is 61.2 Å². The Morgan fingerprint density at radius 1 is 1.21 bits per heavy atom. The number of amides is 1. The molecule has 0 atom stereocenters. The van der Waals surface area contributed by atoms with Gasteiger partial charge in [0.25, 0.3) is 5.91 Å². The van der Waals surface area contributed by atoms with Crippen molar-refractivity contribution in [2.24, 2.45) is 0 Å². The second kappa shape index (κ2) is 4.94. The van der Waals surface area contributed by atoms with E-state index >= 15 is 0 Å². The summed E-state index contributed by atoms with van der Waals surface area (Å²) in [6.45, 7) is 0.532. The number of hydrogen-bond donors (Lipinski definition) is 1. The average Bonchev–Trinajstić information content (AvgIpc) is 2.93. The number of benzene rings is 1. The van der Waals surface area contributed by atoms with Gasteiger partial charge in [-0.05, 0) is 17.7 Å². The molecule has 0 spiro atoms. The molecule has 0 saturated heterocycles. The molecule has 2 heterocycles. The third-order valence-electron chi connectivity index (χ3n) is 2.97. The fourth-order valence-corrected chi connectivity index (χ4v) is 1.94. The Balaban J connectivity index is 1.73. The number of aromatic nitrogens is 2. The van der Waals surface area contributed by atoms with Crippen LogP contribution in [-0.2, 0) is 6.54 Å². The van der Waals surface area contributed by atoms with E-state index in [1.165, 1.54) is 0 Å². The van der Waals surface area contributed by atoms with E-state index < -0.39 is 0 Å². The van der Waals surface area contributed by atoms with Crippen molar-refractivity contribution in [3.8, 4) is 0 Å². The summed E-state index contributed by atoms with van der Waals surface area (Å²) in [4.78, 5) is 16.1. The summed E-state index contributed by atoms with van der Waals surface area (Å²) in [6.07, 6.45) is 5.27. The Kier molecular flexibility index (Phi) is 2.98. The van der Waals surface area contributed by atoms with Gasteiger partial charge in [-0.1, -0.05) is 30.3 Å². The molecule has 1 aromatic carbocycles. The summed E-state index contributed by atoms with van der Waals surface area (Å²) in [5.74, 6) is -0.0763. The molecule has 4 nitrogen and oxygen atoms in total. The highest BCUT2D eigenvalue weighted by atomic mass is 16.1. The standard InChI is InChI=1S/C15H13N3O/c19-15(17-9-12-4-2-1-3-5-12)13-6-7-18-11-16-10-14(18)8-13/h1-8,10-11H,9H2,(H,17,19). The zero-order valence-electron chi connectivity index (χ0n) is 10.3. The number of carbonyl (C=O) groups is 1. The third-order valence-corrected chi connectivity index (χ3v) is 2.97. The van der Waals surface area contributed by atoms with E-state index in [1.54, 1.807) is 18.6 Å². The van der Waals surface area contributed by atoms with Gasteiger partial charge in [-0.3, -0.25) is 4.79 Å². The zero-order chi connectivity index (χ0) is 13.1. The van der Waals surface area contributed by atoms with Crippen molar-refractivity contribution in [1.82, 2.24) is 14.7 Å². The highest BCUT2D eigenvalue weighted by molar-refractivity contribution is 5.95. The van der Waals surface area contributed by atoms with Gasteiger partial charge < -0.3 is 9.72 Å². The molecule has 1 amide bonds. The van der Waals surface area contributed by atoms with E-state index in [0.717, 1.165) is 11.1 Å². The summed E-state index contributed by atoms with van der Waals surface area (Å²) in [6, 6.07) is 13.5. The van der Waals surface area contributed by atoms with E-state index in [1.807, 2.05) is 47.0 Å². The molecule has 4 heteroatoms. The Hall–Kier alpha value is -2.62. The zero-order valence-corrected chi connectivity index (χ0v) is 10.3. The molecule has 0 aliphatic rings. The molecule has 0 bridgehead atoms. The van der Waals surface area contributed by atoms with Crippen molar-refractivity contribution in [2.75, 3.05) is 0 Å². The largest absolute Gasteiger partial charge is 0.348 e. The Morgan fingerprint density at radius 2 is 2.05 bits per heavy atom. The van der Waals surface area contributed by atoms with Gasteiger partial charge in [0.2, 0.25) is 0 Å². The molecule has 3 rings (SSSR count). The van der Waals surface area contributed by atoms with Gasteiger partial charge >= 0.3 is 0 Å². The number of nitrogens with zero attached hydrogens (tertiary/aromatic N) is 2. The maximum absolute atomic E-state index is 12.0. The van der Waals surface area contributed by atoms with Gasteiger partial charge in [0, 0.05) is 18.3 Å². The lowest BCUT2D eigenvalue weighted by Crippen LogP contribution is -2.22. The van der Waals surface area contributed by atoms with Gasteiger partial charge in [0.1, 0.15) is 0 Å². The normalized spacial score (nSPS) is 10.5. The predicted octanol–water partition coefficient (Wildman–Crippen LogP) is 2.26. The van der Waals surface area contributed by atoms with Crippen LogP contribution in [0, 0.1) is 0 Å². The van der Waals surface area contributed by atoms with Crippen LogP contribution in [0.5, 0.6) is 0 Å². The van der Waals surface area contributed by atoms with Crippen molar-refractivity contribution in [2.45, 2.75) is 6.54 Å². The van der Waals surface area contributed by atoms with Crippen LogP contribution < -0.4 is 5.32 Å². The monoisotopic (exact) mass is 251 g/mol. The number of fused-ring (bicyclic) bond motifs is 1. The molecule has 1 N–H and O–H groups in total. The van der Waals surface area contributed by atoms with Crippen molar-refractivity contribution < 1.29 is 4.79 Å². The molecule has 0 radical (unpaired) electrons. The maximum Gasteiger partial charge on any atom is 0.251 e. The van der Waals surface area contributed by atoms with Crippen LogP contribution in [0.3, 0.4) is 0 Å².